The van der Waals surface area contributed by atoms with Crippen LogP contribution in [0.2, 0.25) is 0 Å². The molecule has 2 aliphatic heterocycles. The van der Waals surface area contributed by atoms with Crippen LogP contribution in [0.5, 0.6) is 0 Å². The summed E-state index contributed by atoms with van der Waals surface area (Å²) in [5.74, 6) is 1.13. The lowest BCUT2D eigenvalue weighted by Gasteiger charge is -2.33. The lowest BCUT2D eigenvalue weighted by atomic mass is 9.97. The van der Waals surface area contributed by atoms with Crippen molar-refractivity contribution in [3.63, 3.8) is 0 Å². The van der Waals surface area contributed by atoms with Gasteiger partial charge in [-0.05, 0) is 25.3 Å². The number of methoxy groups -OCH3 is 1. The monoisotopic (exact) mass is 357 g/mol. The van der Waals surface area contributed by atoms with E-state index in [1.165, 1.54) is 7.11 Å². The van der Waals surface area contributed by atoms with Crippen LogP contribution in [0.25, 0.3) is 11.0 Å². The number of pyridine rings is 1. The van der Waals surface area contributed by atoms with Crippen molar-refractivity contribution in [2.24, 2.45) is 5.92 Å². The average molecular weight is 357 g/mol. The molecule has 0 aliphatic carbocycles. The topological polar surface area (TPSA) is 91.4 Å². The Hall–Kier alpha value is -2.64. The highest BCUT2D eigenvalue weighted by Crippen LogP contribution is 2.29. The first kappa shape index (κ1) is 16.8. The molecule has 2 saturated heterocycles. The van der Waals surface area contributed by atoms with Crippen molar-refractivity contribution in [2.45, 2.75) is 25.2 Å². The molecule has 138 valence electrons. The van der Waals surface area contributed by atoms with Gasteiger partial charge in [-0.1, -0.05) is 0 Å². The number of imidazole rings is 1. The maximum Gasteiger partial charge on any atom is 0.409 e. The highest BCUT2D eigenvalue weighted by Gasteiger charge is 2.35. The summed E-state index contributed by atoms with van der Waals surface area (Å²) in [6, 6.07) is 1.89. The molecule has 4 rings (SSSR count). The first-order chi connectivity index (χ1) is 12.7. The molecule has 2 aliphatic rings. The summed E-state index contributed by atoms with van der Waals surface area (Å²) in [5.41, 5.74) is 1.83. The van der Waals surface area contributed by atoms with E-state index in [9.17, 15) is 9.59 Å². The second-order valence-corrected chi connectivity index (χ2v) is 7.04. The van der Waals surface area contributed by atoms with Crippen molar-refractivity contribution < 1.29 is 14.3 Å². The van der Waals surface area contributed by atoms with E-state index in [1.54, 1.807) is 17.3 Å². The van der Waals surface area contributed by atoms with E-state index >= 15 is 0 Å². The molecule has 26 heavy (non-hydrogen) atoms. The van der Waals surface area contributed by atoms with E-state index in [4.69, 9.17) is 4.74 Å². The van der Waals surface area contributed by atoms with Crippen molar-refractivity contribution in [2.75, 3.05) is 33.3 Å². The molecule has 2 aromatic rings. The number of nitrogens with one attached hydrogen (secondary N) is 1. The van der Waals surface area contributed by atoms with Crippen LogP contribution < -0.4 is 0 Å². The van der Waals surface area contributed by atoms with Gasteiger partial charge in [0.25, 0.3) is 0 Å². The Bertz CT molecular complexity index is 787. The zero-order valence-corrected chi connectivity index (χ0v) is 14.9. The van der Waals surface area contributed by atoms with E-state index in [1.807, 2.05) is 11.0 Å². The SMILES string of the molecule is COC(=O)N1CCCC(C(=O)N2CCC(c3nc4ccncc4[nH]3)C2)C1. The summed E-state index contributed by atoms with van der Waals surface area (Å²) in [7, 11) is 1.38. The Labute approximate surface area is 151 Å². The van der Waals surface area contributed by atoms with Crippen LogP contribution in [-0.4, -0.2) is 70.0 Å². The molecule has 8 heteroatoms. The number of aromatic nitrogens is 3. The molecule has 1 N–H and O–H groups in total. The normalized spacial score (nSPS) is 23.4. The number of nitrogens with zero attached hydrogens (tertiary/aromatic N) is 4. The van der Waals surface area contributed by atoms with Gasteiger partial charge in [-0.25, -0.2) is 9.78 Å². The fraction of sp³-hybridized carbons (Fsp3) is 0.556. The third-order valence-electron chi connectivity index (χ3n) is 5.39. The van der Waals surface area contributed by atoms with E-state index in [-0.39, 0.29) is 23.8 Å². The minimum absolute atomic E-state index is 0.138. The maximum absolute atomic E-state index is 12.9. The molecule has 4 heterocycles. The maximum atomic E-state index is 12.9. The third kappa shape index (κ3) is 3.11. The van der Waals surface area contributed by atoms with Gasteiger partial charge in [0.2, 0.25) is 5.91 Å². The number of fused-ring (bicyclic) bond motifs is 1. The third-order valence-corrected chi connectivity index (χ3v) is 5.39. The van der Waals surface area contributed by atoms with Crippen molar-refractivity contribution in [1.82, 2.24) is 24.8 Å². The minimum atomic E-state index is -0.349. The number of ether oxygens (including phenoxy) is 1. The second kappa shape index (κ2) is 6.93. The summed E-state index contributed by atoms with van der Waals surface area (Å²) in [6.45, 7) is 2.50. The lowest BCUT2D eigenvalue weighted by Crippen LogP contribution is -2.46. The number of carbonyl (C=O) groups is 2. The Morgan fingerprint density at radius 2 is 2.12 bits per heavy atom. The standard InChI is InChI=1S/C18H23N5O3/c1-26-18(25)23-7-2-3-13(11-23)17(24)22-8-5-12(10-22)16-20-14-4-6-19-9-15(14)21-16/h4,6,9,12-13H,2-3,5,7-8,10-11H2,1H3,(H,20,21). The summed E-state index contributed by atoms with van der Waals surface area (Å²) in [4.78, 5) is 40.3. The summed E-state index contributed by atoms with van der Waals surface area (Å²) in [6.07, 6.45) is 5.70. The van der Waals surface area contributed by atoms with Gasteiger partial charge in [0.05, 0.1) is 30.3 Å². The van der Waals surface area contributed by atoms with Gasteiger partial charge in [-0.15, -0.1) is 0 Å². The highest BCUT2D eigenvalue weighted by atomic mass is 16.5. The molecule has 2 fully saturated rings. The van der Waals surface area contributed by atoms with Gasteiger partial charge in [-0.2, -0.15) is 0 Å². The number of aromatic amines is 1. The Morgan fingerprint density at radius 3 is 2.92 bits per heavy atom. The second-order valence-electron chi connectivity index (χ2n) is 7.04. The molecule has 0 spiro atoms. The Kier molecular flexibility index (Phi) is 4.48. The number of hydrogen-bond acceptors (Lipinski definition) is 5. The molecule has 2 unspecified atom stereocenters. The van der Waals surface area contributed by atoms with Crippen LogP contribution in [0.1, 0.15) is 31.0 Å². The first-order valence-corrected chi connectivity index (χ1v) is 9.07. The van der Waals surface area contributed by atoms with Gasteiger partial charge in [0.1, 0.15) is 5.82 Å². The van der Waals surface area contributed by atoms with E-state index in [0.717, 1.165) is 42.7 Å². The number of piperidine rings is 1. The van der Waals surface area contributed by atoms with Gasteiger partial charge in [-0.3, -0.25) is 9.78 Å². The van der Waals surface area contributed by atoms with Crippen molar-refractivity contribution in [3.8, 4) is 0 Å². The van der Waals surface area contributed by atoms with Crippen LogP contribution >= 0.6 is 0 Å². The van der Waals surface area contributed by atoms with Crippen LogP contribution in [0.15, 0.2) is 18.5 Å². The van der Waals surface area contributed by atoms with Gasteiger partial charge in [0.15, 0.2) is 0 Å². The summed E-state index contributed by atoms with van der Waals surface area (Å²) < 4.78 is 4.79. The largest absolute Gasteiger partial charge is 0.453 e. The minimum Gasteiger partial charge on any atom is -0.453 e. The zero-order chi connectivity index (χ0) is 18.1. The van der Waals surface area contributed by atoms with E-state index in [0.29, 0.717) is 19.6 Å². The molecule has 2 amide bonds. The van der Waals surface area contributed by atoms with Crippen molar-refractivity contribution in [3.05, 3.63) is 24.3 Å². The van der Waals surface area contributed by atoms with Crippen LogP contribution in [-0.2, 0) is 9.53 Å². The number of hydrogen-bond donors (Lipinski definition) is 1. The van der Waals surface area contributed by atoms with Crippen LogP contribution in [0.4, 0.5) is 4.79 Å². The molecule has 0 bridgehead atoms. The van der Waals surface area contributed by atoms with Crippen LogP contribution in [0.3, 0.4) is 0 Å². The predicted molar refractivity (Wildman–Crippen MR) is 94.5 cm³/mol. The predicted octanol–water partition coefficient (Wildman–Crippen LogP) is 1.75. The number of amides is 2. The van der Waals surface area contributed by atoms with Gasteiger partial charge in [0, 0.05) is 38.3 Å². The fourth-order valence-corrected chi connectivity index (χ4v) is 3.99. The molecular weight excluding hydrogens is 334 g/mol. The quantitative estimate of drug-likeness (QED) is 0.884. The molecule has 0 aromatic carbocycles. The smallest absolute Gasteiger partial charge is 0.409 e. The number of likely N-dealkylation sites (tertiary alicyclic amines) is 2. The summed E-state index contributed by atoms with van der Waals surface area (Å²) in [5, 5.41) is 0. The summed E-state index contributed by atoms with van der Waals surface area (Å²) >= 11 is 0. The van der Waals surface area contributed by atoms with Crippen molar-refractivity contribution in [1.29, 1.82) is 0 Å². The van der Waals surface area contributed by atoms with E-state index < -0.39 is 0 Å². The van der Waals surface area contributed by atoms with Gasteiger partial charge < -0.3 is 19.5 Å². The molecular formula is C18H23N5O3. The van der Waals surface area contributed by atoms with Gasteiger partial charge >= 0.3 is 6.09 Å². The molecule has 2 aromatic heterocycles. The lowest BCUT2D eigenvalue weighted by molar-refractivity contribution is -0.136. The van der Waals surface area contributed by atoms with E-state index in [2.05, 4.69) is 15.0 Å². The first-order valence-electron chi connectivity index (χ1n) is 9.07. The van der Waals surface area contributed by atoms with Crippen LogP contribution in [0, 0.1) is 5.92 Å². The number of H-pyrrole nitrogens is 1. The highest BCUT2D eigenvalue weighted by molar-refractivity contribution is 5.80. The molecule has 2 atom stereocenters. The molecule has 8 nitrogen and oxygen atoms in total. The Morgan fingerprint density at radius 1 is 1.23 bits per heavy atom. The average Bonchev–Trinajstić information content (AvgIpc) is 3.33. The number of rotatable bonds is 2. The number of carbonyl (C=O) groups excluding carboxylic acids is 2. The fourth-order valence-electron chi connectivity index (χ4n) is 3.99. The zero-order valence-electron chi connectivity index (χ0n) is 14.9. The molecule has 0 saturated carbocycles. The van der Waals surface area contributed by atoms with Crippen molar-refractivity contribution >= 4 is 23.0 Å². The Balaban J connectivity index is 1.41. The molecule has 0 radical (unpaired) electrons.